The van der Waals surface area contributed by atoms with Gasteiger partial charge >= 0.3 is 0 Å². The minimum Gasteiger partial charge on any atom is -0.316 e. The van der Waals surface area contributed by atoms with Crippen molar-refractivity contribution >= 4 is 0 Å². The Morgan fingerprint density at radius 1 is 1.18 bits per heavy atom. The molecule has 1 aliphatic heterocycles. The van der Waals surface area contributed by atoms with Crippen molar-refractivity contribution in [3.8, 4) is 0 Å². The lowest BCUT2D eigenvalue weighted by Crippen LogP contribution is -2.38. The monoisotopic (exact) mass is 236 g/mol. The van der Waals surface area contributed by atoms with Crippen molar-refractivity contribution < 1.29 is 0 Å². The van der Waals surface area contributed by atoms with Gasteiger partial charge in [0.25, 0.3) is 0 Å². The summed E-state index contributed by atoms with van der Waals surface area (Å²) in [6.45, 7) is 7.47. The van der Waals surface area contributed by atoms with Crippen LogP contribution in [-0.2, 0) is 0 Å². The zero-order valence-corrected chi connectivity index (χ0v) is 11.3. The van der Waals surface area contributed by atoms with Gasteiger partial charge in [0.05, 0.1) is 0 Å². The van der Waals surface area contributed by atoms with E-state index >= 15 is 0 Å². The van der Waals surface area contributed by atoms with Gasteiger partial charge in [0, 0.05) is 12.6 Å². The first-order valence-corrected chi connectivity index (χ1v) is 7.81. The molecule has 0 aromatic heterocycles. The van der Waals surface area contributed by atoms with Crippen LogP contribution < -0.4 is 5.32 Å². The van der Waals surface area contributed by atoms with Gasteiger partial charge in [0.2, 0.25) is 0 Å². The number of hydrogen-bond acceptors (Lipinski definition) is 2. The topological polar surface area (TPSA) is 15.3 Å². The molecule has 3 aliphatic rings. The molecule has 17 heavy (non-hydrogen) atoms. The Kier molecular flexibility index (Phi) is 3.72. The van der Waals surface area contributed by atoms with E-state index in [1.807, 2.05) is 0 Å². The standard InChI is InChI=1S/C15H28N2/c1-2-6-16-10-13-5-7-17(11-13)15-9-12-3-4-14(15)8-12/h12-16H,2-11H2,1H3. The summed E-state index contributed by atoms with van der Waals surface area (Å²) >= 11 is 0. The van der Waals surface area contributed by atoms with E-state index < -0.39 is 0 Å². The third kappa shape index (κ3) is 2.53. The lowest BCUT2D eigenvalue weighted by molar-refractivity contribution is 0.169. The van der Waals surface area contributed by atoms with Gasteiger partial charge < -0.3 is 5.32 Å². The fraction of sp³-hybridized carbons (Fsp3) is 1.00. The van der Waals surface area contributed by atoms with E-state index in [1.54, 1.807) is 6.42 Å². The zero-order chi connectivity index (χ0) is 11.7. The van der Waals surface area contributed by atoms with Crippen LogP contribution in [0.1, 0.15) is 45.4 Å². The van der Waals surface area contributed by atoms with Crippen LogP contribution in [-0.4, -0.2) is 37.1 Å². The van der Waals surface area contributed by atoms with Crippen LogP contribution in [0.3, 0.4) is 0 Å². The van der Waals surface area contributed by atoms with Crippen molar-refractivity contribution in [2.75, 3.05) is 26.2 Å². The highest BCUT2D eigenvalue weighted by atomic mass is 15.2. The van der Waals surface area contributed by atoms with Crippen molar-refractivity contribution in [3.63, 3.8) is 0 Å². The molecule has 0 amide bonds. The smallest absolute Gasteiger partial charge is 0.0126 e. The molecule has 0 spiro atoms. The van der Waals surface area contributed by atoms with E-state index in [9.17, 15) is 0 Å². The highest BCUT2D eigenvalue weighted by molar-refractivity contribution is 4.97. The molecule has 2 bridgehead atoms. The average molecular weight is 236 g/mol. The normalized spacial score (nSPS) is 41.5. The molecule has 2 saturated carbocycles. The molecule has 0 aromatic carbocycles. The zero-order valence-electron chi connectivity index (χ0n) is 11.3. The van der Waals surface area contributed by atoms with E-state index in [-0.39, 0.29) is 0 Å². The quantitative estimate of drug-likeness (QED) is 0.738. The molecule has 3 fully saturated rings. The van der Waals surface area contributed by atoms with Crippen molar-refractivity contribution in [1.29, 1.82) is 0 Å². The highest BCUT2D eigenvalue weighted by Crippen LogP contribution is 2.47. The van der Waals surface area contributed by atoms with Gasteiger partial charge in [0.15, 0.2) is 0 Å². The van der Waals surface area contributed by atoms with Gasteiger partial charge in [-0.3, -0.25) is 4.90 Å². The lowest BCUT2D eigenvalue weighted by atomic mass is 9.94. The maximum Gasteiger partial charge on any atom is 0.0126 e. The molecule has 2 aliphatic carbocycles. The number of nitrogens with zero attached hydrogens (tertiary/aromatic N) is 1. The Balaban J connectivity index is 1.44. The summed E-state index contributed by atoms with van der Waals surface area (Å²) in [4.78, 5) is 2.84. The van der Waals surface area contributed by atoms with Crippen LogP contribution in [0.25, 0.3) is 0 Å². The summed E-state index contributed by atoms with van der Waals surface area (Å²) < 4.78 is 0. The second-order valence-electron chi connectivity index (χ2n) is 6.60. The summed E-state index contributed by atoms with van der Waals surface area (Å²) in [7, 11) is 0. The first kappa shape index (κ1) is 12.0. The van der Waals surface area contributed by atoms with E-state index in [4.69, 9.17) is 0 Å². The Labute approximate surface area is 106 Å². The second-order valence-corrected chi connectivity index (χ2v) is 6.60. The molecule has 98 valence electrons. The van der Waals surface area contributed by atoms with Crippen molar-refractivity contribution in [2.24, 2.45) is 17.8 Å². The fourth-order valence-corrected chi connectivity index (χ4v) is 4.47. The Bertz CT molecular complexity index is 253. The third-order valence-corrected chi connectivity index (χ3v) is 5.35. The molecule has 2 nitrogen and oxygen atoms in total. The van der Waals surface area contributed by atoms with Gasteiger partial charge in [-0.05, 0) is 69.5 Å². The lowest BCUT2D eigenvalue weighted by Gasteiger charge is -2.31. The van der Waals surface area contributed by atoms with Crippen LogP contribution in [0.15, 0.2) is 0 Å². The number of hydrogen-bond donors (Lipinski definition) is 1. The minimum absolute atomic E-state index is 0.931. The van der Waals surface area contributed by atoms with E-state index in [2.05, 4.69) is 17.1 Å². The molecule has 0 aromatic rings. The van der Waals surface area contributed by atoms with Crippen LogP contribution in [0.2, 0.25) is 0 Å². The maximum atomic E-state index is 3.60. The minimum atomic E-state index is 0.931. The summed E-state index contributed by atoms with van der Waals surface area (Å²) in [5, 5.41) is 3.60. The average Bonchev–Trinajstić information content (AvgIpc) is 3.04. The van der Waals surface area contributed by atoms with Crippen LogP contribution in [0.5, 0.6) is 0 Å². The van der Waals surface area contributed by atoms with Crippen molar-refractivity contribution in [1.82, 2.24) is 10.2 Å². The second kappa shape index (κ2) is 5.27. The molecule has 1 N–H and O–H groups in total. The largest absolute Gasteiger partial charge is 0.316 e. The Morgan fingerprint density at radius 2 is 2.12 bits per heavy atom. The predicted octanol–water partition coefficient (Wildman–Crippen LogP) is 2.50. The van der Waals surface area contributed by atoms with Gasteiger partial charge in [-0.15, -0.1) is 0 Å². The fourth-order valence-electron chi connectivity index (χ4n) is 4.47. The van der Waals surface area contributed by atoms with E-state index in [1.165, 1.54) is 58.3 Å². The van der Waals surface area contributed by atoms with Crippen molar-refractivity contribution in [3.05, 3.63) is 0 Å². The highest BCUT2D eigenvalue weighted by Gasteiger charge is 2.43. The number of fused-ring (bicyclic) bond motifs is 2. The summed E-state index contributed by atoms with van der Waals surface area (Å²) in [6, 6.07) is 0.977. The number of likely N-dealkylation sites (tertiary alicyclic amines) is 1. The molecule has 1 saturated heterocycles. The Hall–Kier alpha value is -0.0800. The van der Waals surface area contributed by atoms with E-state index in [0.29, 0.717) is 0 Å². The molecule has 4 unspecified atom stereocenters. The van der Waals surface area contributed by atoms with Gasteiger partial charge in [-0.1, -0.05) is 13.3 Å². The van der Waals surface area contributed by atoms with Gasteiger partial charge in [-0.2, -0.15) is 0 Å². The first-order valence-electron chi connectivity index (χ1n) is 7.81. The van der Waals surface area contributed by atoms with E-state index in [0.717, 1.165) is 23.8 Å². The molecular formula is C15H28N2. The van der Waals surface area contributed by atoms with Crippen LogP contribution in [0, 0.1) is 17.8 Å². The molecule has 2 heteroatoms. The van der Waals surface area contributed by atoms with Crippen molar-refractivity contribution in [2.45, 2.75) is 51.5 Å². The molecular weight excluding hydrogens is 208 g/mol. The molecule has 0 radical (unpaired) electrons. The summed E-state index contributed by atoms with van der Waals surface area (Å²) in [5.74, 6) is 3.10. The molecule has 1 heterocycles. The first-order chi connectivity index (χ1) is 8.36. The molecule has 4 atom stereocenters. The number of nitrogens with one attached hydrogen (secondary N) is 1. The predicted molar refractivity (Wildman–Crippen MR) is 72.1 cm³/mol. The van der Waals surface area contributed by atoms with Gasteiger partial charge in [0.1, 0.15) is 0 Å². The SMILES string of the molecule is CCCNCC1CCN(C2CC3CCC2C3)C1. The van der Waals surface area contributed by atoms with Crippen LogP contribution in [0.4, 0.5) is 0 Å². The van der Waals surface area contributed by atoms with Gasteiger partial charge in [-0.25, -0.2) is 0 Å². The molecule has 3 rings (SSSR count). The Morgan fingerprint density at radius 3 is 2.82 bits per heavy atom. The maximum absolute atomic E-state index is 3.60. The van der Waals surface area contributed by atoms with Crippen LogP contribution >= 0.6 is 0 Å². The number of rotatable bonds is 5. The summed E-state index contributed by atoms with van der Waals surface area (Å²) in [6.07, 6.45) is 8.86. The third-order valence-electron chi connectivity index (χ3n) is 5.35. The summed E-state index contributed by atoms with van der Waals surface area (Å²) in [5.41, 5.74) is 0.